The summed E-state index contributed by atoms with van der Waals surface area (Å²) < 4.78 is 0. The van der Waals surface area contributed by atoms with Crippen LogP contribution in [-0.2, 0) is 6.42 Å². The van der Waals surface area contributed by atoms with Crippen LogP contribution in [0.15, 0.2) is 48.8 Å². The first-order valence-corrected chi connectivity index (χ1v) is 10.8. The predicted octanol–water partition coefficient (Wildman–Crippen LogP) is 4.35. The minimum absolute atomic E-state index is 0.254. The van der Waals surface area contributed by atoms with Crippen molar-refractivity contribution in [1.29, 1.82) is 0 Å². The second-order valence-electron chi connectivity index (χ2n) is 8.18. The zero-order valence-electron chi connectivity index (χ0n) is 19.0. The molecule has 0 bridgehead atoms. The molecule has 1 aliphatic rings. The van der Waals surface area contributed by atoms with Gasteiger partial charge in [0.25, 0.3) is 17.7 Å². The van der Waals surface area contributed by atoms with Crippen LogP contribution in [-0.4, -0.2) is 38.6 Å². The molecule has 1 aliphatic heterocycles. The number of fused-ring (bicyclic) bond motifs is 1. The summed E-state index contributed by atoms with van der Waals surface area (Å²) >= 11 is 0. The topological polar surface area (TPSA) is 104 Å². The number of carbonyl (C=O) groups excluding carboxylic acids is 3. The fourth-order valence-electron chi connectivity index (χ4n) is 3.81. The summed E-state index contributed by atoms with van der Waals surface area (Å²) in [7, 11) is 0. The minimum Gasteiger partial charge on any atom is -0.340 e. The highest BCUT2D eigenvalue weighted by atomic mass is 16.2. The molecule has 0 saturated carbocycles. The Morgan fingerprint density at radius 3 is 2.45 bits per heavy atom. The summed E-state index contributed by atoms with van der Waals surface area (Å²) in [5.41, 5.74) is 4.12. The molecular weight excluding hydrogens is 418 g/mol. The Bertz CT molecular complexity index is 1270. The van der Waals surface area contributed by atoms with Crippen LogP contribution in [0.25, 0.3) is 0 Å². The number of hydrogen-bond acceptors (Lipinski definition) is 6. The van der Waals surface area contributed by atoms with Gasteiger partial charge in [-0.25, -0.2) is 9.97 Å². The zero-order chi connectivity index (χ0) is 23.7. The van der Waals surface area contributed by atoms with Gasteiger partial charge in [0.1, 0.15) is 12.1 Å². The number of nitrogens with one attached hydrogen (secondary N) is 2. The summed E-state index contributed by atoms with van der Waals surface area (Å²) in [6.45, 7) is 7.46. The number of carbonyl (C=O) groups is 3. The Kier molecular flexibility index (Phi) is 5.91. The SMILES string of the molecule is CCc1ccc(Nc2cc(C)ncn2)cc1NC(=O)c1ccc2c(c1)C(=O)N(C(C)C)C2=O. The maximum absolute atomic E-state index is 13.0. The molecule has 4 rings (SSSR count). The Morgan fingerprint density at radius 1 is 1.00 bits per heavy atom. The Balaban J connectivity index is 1.59. The lowest BCUT2D eigenvalue weighted by Gasteiger charge is -2.17. The number of amides is 3. The van der Waals surface area contributed by atoms with Gasteiger partial charge in [0, 0.05) is 34.7 Å². The van der Waals surface area contributed by atoms with E-state index in [0.29, 0.717) is 22.6 Å². The highest BCUT2D eigenvalue weighted by Gasteiger charge is 2.37. The first kappa shape index (κ1) is 22.1. The molecule has 1 aromatic heterocycles. The number of rotatable bonds is 6. The highest BCUT2D eigenvalue weighted by Crippen LogP contribution is 2.28. The van der Waals surface area contributed by atoms with Crippen molar-refractivity contribution in [3.8, 4) is 0 Å². The smallest absolute Gasteiger partial charge is 0.261 e. The number of aryl methyl sites for hydroxylation is 2. The van der Waals surface area contributed by atoms with Gasteiger partial charge in [-0.05, 0) is 63.1 Å². The van der Waals surface area contributed by atoms with E-state index in [4.69, 9.17) is 0 Å². The molecule has 8 heteroatoms. The number of hydrogen-bond donors (Lipinski definition) is 2. The number of benzene rings is 2. The average molecular weight is 444 g/mol. The van der Waals surface area contributed by atoms with Crippen molar-refractivity contribution < 1.29 is 14.4 Å². The predicted molar refractivity (Wildman–Crippen MR) is 126 cm³/mol. The molecule has 0 aliphatic carbocycles. The first-order chi connectivity index (χ1) is 15.8. The third kappa shape index (κ3) is 4.32. The number of anilines is 3. The summed E-state index contributed by atoms with van der Waals surface area (Å²) in [4.78, 5) is 47.7. The van der Waals surface area contributed by atoms with Crippen LogP contribution < -0.4 is 10.6 Å². The van der Waals surface area contributed by atoms with Crippen molar-refractivity contribution >= 4 is 34.9 Å². The van der Waals surface area contributed by atoms with Crippen molar-refractivity contribution in [3.63, 3.8) is 0 Å². The molecule has 0 atom stereocenters. The highest BCUT2D eigenvalue weighted by molar-refractivity contribution is 6.22. The van der Waals surface area contributed by atoms with Crippen molar-refractivity contribution in [2.24, 2.45) is 0 Å². The van der Waals surface area contributed by atoms with E-state index in [1.54, 1.807) is 26.0 Å². The van der Waals surface area contributed by atoms with Gasteiger partial charge in [-0.2, -0.15) is 0 Å². The molecule has 2 heterocycles. The summed E-state index contributed by atoms with van der Waals surface area (Å²) in [6, 6.07) is 11.9. The quantitative estimate of drug-likeness (QED) is 0.549. The zero-order valence-corrected chi connectivity index (χ0v) is 19.0. The van der Waals surface area contributed by atoms with E-state index in [2.05, 4.69) is 20.6 Å². The lowest BCUT2D eigenvalue weighted by molar-refractivity contribution is 0.0609. The third-order valence-electron chi connectivity index (χ3n) is 5.51. The van der Waals surface area contributed by atoms with E-state index in [-0.39, 0.29) is 29.3 Å². The fourth-order valence-corrected chi connectivity index (χ4v) is 3.81. The molecule has 0 unspecified atom stereocenters. The molecule has 2 N–H and O–H groups in total. The molecular formula is C25H25N5O3. The molecule has 0 fully saturated rings. The second-order valence-corrected chi connectivity index (χ2v) is 8.18. The lowest BCUT2D eigenvalue weighted by atomic mass is 10.0. The van der Waals surface area contributed by atoms with Crippen molar-refractivity contribution in [2.75, 3.05) is 10.6 Å². The first-order valence-electron chi connectivity index (χ1n) is 10.8. The van der Waals surface area contributed by atoms with Crippen LogP contribution >= 0.6 is 0 Å². The average Bonchev–Trinajstić information content (AvgIpc) is 3.03. The Hall–Kier alpha value is -4.07. The molecule has 3 amide bonds. The molecule has 0 radical (unpaired) electrons. The number of imide groups is 1. The van der Waals surface area contributed by atoms with Crippen LogP contribution in [0.4, 0.5) is 17.2 Å². The second kappa shape index (κ2) is 8.82. The maximum atomic E-state index is 13.0. The molecule has 0 saturated heterocycles. The maximum Gasteiger partial charge on any atom is 0.261 e. The molecule has 168 valence electrons. The van der Waals surface area contributed by atoms with Gasteiger partial charge in [0.05, 0.1) is 11.1 Å². The normalized spacial score (nSPS) is 12.8. The molecule has 33 heavy (non-hydrogen) atoms. The van der Waals surface area contributed by atoms with E-state index in [1.165, 1.54) is 17.3 Å². The Morgan fingerprint density at radius 2 is 1.76 bits per heavy atom. The largest absolute Gasteiger partial charge is 0.340 e. The third-order valence-corrected chi connectivity index (χ3v) is 5.51. The van der Waals surface area contributed by atoms with Crippen LogP contribution in [0.3, 0.4) is 0 Å². The summed E-state index contributed by atoms with van der Waals surface area (Å²) in [5, 5.41) is 6.16. The van der Waals surface area contributed by atoms with E-state index < -0.39 is 0 Å². The van der Waals surface area contributed by atoms with Gasteiger partial charge in [0.15, 0.2) is 0 Å². The minimum atomic E-state index is -0.375. The van der Waals surface area contributed by atoms with Gasteiger partial charge < -0.3 is 10.6 Å². The van der Waals surface area contributed by atoms with Gasteiger partial charge in [-0.15, -0.1) is 0 Å². The van der Waals surface area contributed by atoms with Gasteiger partial charge >= 0.3 is 0 Å². The van der Waals surface area contributed by atoms with Crippen LogP contribution in [0.5, 0.6) is 0 Å². The summed E-state index contributed by atoms with van der Waals surface area (Å²) in [5.74, 6) is -0.407. The molecule has 0 spiro atoms. The molecule has 3 aromatic rings. The van der Waals surface area contributed by atoms with Crippen LogP contribution in [0.2, 0.25) is 0 Å². The van der Waals surface area contributed by atoms with Gasteiger partial charge in [0.2, 0.25) is 0 Å². The number of aromatic nitrogens is 2. The lowest BCUT2D eigenvalue weighted by Crippen LogP contribution is -2.35. The van der Waals surface area contributed by atoms with Gasteiger partial charge in [-0.1, -0.05) is 13.0 Å². The monoisotopic (exact) mass is 443 g/mol. The van der Waals surface area contributed by atoms with Gasteiger partial charge in [-0.3, -0.25) is 19.3 Å². The molecule has 2 aromatic carbocycles. The van der Waals surface area contributed by atoms with E-state index >= 15 is 0 Å². The fraction of sp³-hybridized carbons (Fsp3) is 0.240. The molecule has 8 nitrogen and oxygen atoms in total. The Labute approximate surface area is 192 Å². The van der Waals surface area contributed by atoms with E-state index in [0.717, 1.165) is 23.4 Å². The standard InChI is InChI=1S/C25H25N5O3/c1-5-16-6-8-18(28-22-10-15(4)26-13-27-22)12-21(16)29-23(31)17-7-9-19-20(11-17)25(33)30(14(2)3)24(19)32/h6-14H,5H2,1-4H3,(H,29,31)(H,26,27,28). The number of nitrogens with zero attached hydrogens (tertiary/aromatic N) is 3. The van der Waals surface area contributed by atoms with Crippen molar-refractivity contribution in [2.45, 2.75) is 40.2 Å². The summed E-state index contributed by atoms with van der Waals surface area (Å²) in [6.07, 6.45) is 2.21. The van der Waals surface area contributed by atoms with E-state index in [9.17, 15) is 14.4 Å². The van der Waals surface area contributed by atoms with E-state index in [1.807, 2.05) is 38.1 Å². The van der Waals surface area contributed by atoms with Crippen LogP contribution in [0.1, 0.15) is 63.1 Å². The van der Waals surface area contributed by atoms with Crippen LogP contribution in [0, 0.1) is 6.92 Å². The van der Waals surface area contributed by atoms with Crippen molar-refractivity contribution in [1.82, 2.24) is 14.9 Å². The van der Waals surface area contributed by atoms with Crippen molar-refractivity contribution in [3.05, 3.63) is 76.7 Å².